The predicted molar refractivity (Wildman–Crippen MR) is 172 cm³/mol. The Kier molecular flexibility index (Phi) is 12.5. The number of rotatable bonds is 5. The van der Waals surface area contributed by atoms with Crippen LogP contribution in [0.15, 0.2) is 49.6 Å². The average Bonchev–Trinajstić information content (AvgIpc) is 3.50. The maximum absolute atomic E-state index is 13.0. The molecule has 5 rings (SSSR count). The standard InChI is InChI=1S/C17H31N5O.C10H11N.C4H8.C2H6/c1-6-9-19(3)13-17-14-20(4)15(23)22(17)16(12-21(17)5)7-10-18(2)11-8-16;1-7-3-4-10-9(5-7)6-8(2)11-10;1-3-4-2;1-2/h6H,1,7-14H2,2-5H3;3-6,11H,1-2H3;3H,1,4H2,2H3;1-2H3. The molecular weight excluding hydrogens is 496 g/mol. The fourth-order valence-electron chi connectivity index (χ4n) is 6.23. The quantitative estimate of drug-likeness (QED) is 0.464. The number of amides is 2. The van der Waals surface area contributed by atoms with E-state index in [1.807, 2.05) is 37.9 Å². The van der Waals surface area contributed by atoms with Crippen LogP contribution in [0.25, 0.3) is 10.9 Å². The molecule has 0 bridgehead atoms. The summed E-state index contributed by atoms with van der Waals surface area (Å²) in [6, 6.07) is 8.81. The molecule has 224 valence electrons. The number of hydrogen-bond donors (Lipinski definition) is 1. The number of aromatic amines is 1. The molecule has 40 heavy (non-hydrogen) atoms. The molecule has 3 fully saturated rings. The topological polar surface area (TPSA) is 49.1 Å². The van der Waals surface area contributed by atoms with Crippen LogP contribution in [-0.4, -0.2) is 114 Å². The number of piperidine rings is 1. The van der Waals surface area contributed by atoms with Crippen molar-refractivity contribution in [1.82, 2.24) is 29.5 Å². The van der Waals surface area contributed by atoms with Crippen molar-refractivity contribution >= 4 is 16.9 Å². The van der Waals surface area contributed by atoms with E-state index in [1.54, 1.807) is 0 Å². The molecule has 1 N–H and O–H groups in total. The van der Waals surface area contributed by atoms with Crippen LogP contribution >= 0.6 is 0 Å². The minimum atomic E-state index is -0.209. The first-order chi connectivity index (χ1) is 19.0. The second-order valence-corrected chi connectivity index (χ2v) is 11.6. The first-order valence-electron chi connectivity index (χ1n) is 14.9. The number of fused-ring (bicyclic) bond motifs is 3. The summed E-state index contributed by atoms with van der Waals surface area (Å²) in [5.41, 5.74) is 3.56. The molecule has 1 aromatic carbocycles. The van der Waals surface area contributed by atoms with Gasteiger partial charge in [0.15, 0.2) is 0 Å². The van der Waals surface area contributed by atoms with Crippen LogP contribution in [0.4, 0.5) is 4.79 Å². The molecule has 3 aliphatic heterocycles. The number of carbonyl (C=O) groups excluding carboxylic acids is 1. The molecule has 0 saturated carbocycles. The maximum Gasteiger partial charge on any atom is 0.321 e. The molecule has 3 aliphatic rings. The van der Waals surface area contributed by atoms with Crippen LogP contribution in [-0.2, 0) is 0 Å². The second kappa shape index (κ2) is 14.9. The smallest absolute Gasteiger partial charge is 0.321 e. The van der Waals surface area contributed by atoms with Gasteiger partial charge in [0, 0.05) is 51.0 Å². The molecule has 4 heterocycles. The number of hydrogen-bond acceptors (Lipinski definition) is 4. The molecule has 1 unspecified atom stereocenters. The molecule has 1 aromatic heterocycles. The third kappa shape index (κ3) is 7.36. The van der Waals surface area contributed by atoms with Crippen molar-refractivity contribution in [3.63, 3.8) is 0 Å². The predicted octanol–water partition coefficient (Wildman–Crippen LogP) is 5.97. The van der Waals surface area contributed by atoms with Crippen LogP contribution in [0.2, 0.25) is 0 Å². The Morgan fingerprint density at radius 2 is 1.65 bits per heavy atom. The first-order valence-corrected chi connectivity index (χ1v) is 14.9. The third-order valence-corrected chi connectivity index (χ3v) is 8.22. The van der Waals surface area contributed by atoms with Gasteiger partial charge in [-0.15, -0.1) is 13.2 Å². The van der Waals surface area contributed by atoms with Gasteiger partial charge in [-0.1, -0.05) is 44.6 Å². The van der Waals surface area contributed by atoms with E-state index >= 15 is 0 Å². The van der Waals surface area contributed by atoms with E-state index in [4.69, 9.17) is 0 Å². The lowest BCUT2D eigenvalue weighted by atomic mass is 9.86. The number of urea groups is 1. The zero-order valence-electron chi connectivity index (χ0n) is 26.9. The Bertz CT molecular complexity index is 1100. The van der Waals surface area contributed by atoms with Crippen LogP contribution in [0.3, 0.4) is 0 Å². The Morgan fingerprint density at radius 1 is 1.02 bits per heavy atom. The minimum Gasteiger partial charge on any atom is -0.359 e. The third-order valence-electron chi connectivity index (χ3n) is 8.22. The Balaban J connectivity index is 0.000000273. The Hall–Kier alpha value is -2.61. The normalized spacial score (nSPS) is 21.8. The number of aryl methyl sites for hydroxylation is 2. The van der Waals surface area contributed by atoms with E-state index in [-0.39, 0.29) is 17.2 Å². The minimum absolute atomic E-state index is 0.00186. The molecule has 1 atom stereocenters. The molecule has 3 saturated heterocycles. The highest BCUT2D eigenvalue weighted by molar-refractivity contribution is 5.81. The molecule has 7 heteroatoms. The summed E-state index contributed by atoms with van der Waals surface area (Å²) in [7, 11) is 8.42. The van der Waals surface area contributed by atoms with Crippen molar-refractivity contribution in [3.05, 3.63) is 60.8 Å². The van der Waals surface area contributed by atoms with Crippen LogP contribution in [0, 0.1) is 13.8 Å². The Morgan fingerprint density at radius 3 is 2.23 bits per heavy atom. The van der Waals surface area contributed by atoms with Gasteiger partial charge in [0.05, 0.1) is 12.1 Å². The van der Waals surface area contributed by atoms with Crippen LogP contribution in [0.1, 0.15) is 51.3 Å². The molecule has 2 amide bonds. The van der Waals surface area contributed by atoms with Gasteiger partial charge < -0.3 is 14.8 Å². The largest absolute Gasteiger partial charge is 0.359 e. The summed E-state index contributed by atoms with van der Waals surface area (Å²) in [5.74, 6) is 0. The van der Waals surface area contributed by atoms with Gasteiger partial charge in [0.2, 0.25) is 0 Å². The second-order valence-electron chi connectivity index (χ2n) is 11.6. The van der Waals surface area contributed by atoms with E-state index in [2.05, 4.69) is 104 Å². The van der Waals surface area contributed by atoms with E-state index < -0.39 is 0 Å². The molecule has 7 nitrogen and oxygen atoms in total. The number of likely N-dealkylation sites (N-methyl/N-ethyl adjacent to an activating group) is 3. The highest BCUT2D eigenvalue weighted by Crippen LogP contribution is 2.47. The van der Waals surface area contributed by atoms with Gasteiger partial charge in [-0.05, 0) is 77.8 Å². The fraction of sp³-hybridized carbons (Fsp3) is 0.606. The lowest BCUT2D eigenvalue weighted by molar-refractivity contribution is 0.0181. The van der Waals surface area contributed by atoms with Gasteiger partial charge in [0.1, 0.15) is 5.66 Å². The van der Waals surface area contributed by atoms with Crippen molar-refractivity contribution in [2.24, 2.45) is 0 Å². The number of H-pyrrole nitrogens is 1. The first kappa shape index (κ1) is 33.6. The van der Waals surface area contributed by atoms with Gasteiger partial charge in [-0.25, -0.2) is 4.79 Å². The summed E-state index contributed by atoms with van der Waals surface area (Å²) < 4.78 is 0. The Labute approximate surface area is 244 Å². The average molecular weight is 553 g/mol. The van der Waals surface area contributed by atoms with E-state index in [0.717, 1.165) is 58.5 Å². The summed E-state index contributed by atoms with van der Waals surface area (Å²) in [4.78, 5) is 27.5. The zero-order valence-corrected chi connectivity index (χ0v) is 26.9. The van der Waals surface area contributed by atoms with Crippen LogP contribution in [0.5, 0.6) is 0 Å². The van der Waals surface area contributed by atoms with Crippen LogP contribution < -0.4 is 0 Å². The molecule has 0 radical (unpaired) electrons. The van der Waals surface area contributed by atoms with Crippen molar-refractivity contribution in [2.45, 2.75) is 65.1 Å². The monoisotopic (exact) mass is 552 g/mol. The van der Waals surface area contributed by atoms with Crippen molar-refractivity contribution in [3.8, 4) is 0 Å². The van der Waals surface area contributed by atoms with Gasteiger partial charge in [-0.3, -0.25) is 14.7 Å². The lowest BCUT2D eigenvalue weighted by Crippen LogP contribution is -2.62. The number of nitrogens with zero attached hydrogens (tertiary/aromatic N) is 5. The van der Waals surface area contributed by atoms with Crippen molar-refractivity contribution < 1.29 is 4.79 Å². The number of carbonyl (C=O) groups is 1. The number of nitrogens with one attached hydrogen (secondary N) is 1. The van der Waals surface area contributed by atoms with Gasteiger partial charge in [0.25, 0.3) is 0 Å². The SMILES string of the molecule is C=CCC.C=CCN(C)CC12CN(C)C(=O)N1C1(CCN(C)CC1)CN2C.CC.Cc1ccc2[nH]c(C)cc2c1. The maximum atomic E-state index is 13.0. The van der Waals surface area contributed by atoms with E-state index in [1.165, 1.54) is 22.2 Å². The van der Waals surface area contributed by atoms with E-state index in [9.17, 15) is 4.79 Å². The highest BCUT2D eigenvalue weighted by atomic mass is 16.2. The number of benzene rings is 1. The highest BCUT2D eigenvalue weighted by Gasteiger charge is 2.65. The van der Waals surface area contributed by atoms with Gasteiger partial charge in [-0.2, -0.15) is 0 Å². The van der Waals surface area contributed by atoms with Crippen molar-refractivity contribution in [1.29, 1.82) is 0 Å². The molecule has 1 spiro atoms. The molecular formula is C33H56N6O. The summed E-state index contributed by atoms with van der Waals surface area (Å²) >= 11 is 0. The number of aromatic nitrogens is 1. The van der Waals surface area contributed by atoms with Gasteiger partial charge >= 0.3 is 6.03 Å². The molecule has 2 aromatic rings. The fourth-order valence-corrected chi connectivity index (χ4v) is 6.23. The lowest BCUT2D eigenvalue weighted by Gasteiger charge is -2.46. The van der Waals surface area contributed by atoms with E-state index in [0.29, 0.717) is 0 Å². The molecule has 0 aliphatic carbocycles. The summed E-state index contributed by atoms with van der Waals surface area (Å²) in [5, 5.41) is 1.31. The number of likely N-dealkylation sites (tertiary alicyclic amines) is 1. The summed E-state index contributed by atoms with van der Waals surface area (Å²) in [6.07, 6.45) is 7.03. The number of allylic oxidation sites excluding steroid dienone is 1. The van der Waals surface area contributed by atoms with Crippen molar-refractivity contribution in [2.75, 3.05) is 67.5 Å². The zero-order chi connectivity index (χ0) is 30.1. The summed E-state index contributed by atoms with van der Waals surface area (Å²) in [6.45, 7) is 23.2.